The maximum absolute atomic E-state index is 12.3. The molecule has 1 aliphatic rings. The summed E-state index contributed by atoms with van der Waals surface area (Å²) in [5, 5.41) is 16.1. The Morgan fingerprint density at radius 3 is 2.88 bits per heavy atom. The first kappa shape index (κ1) is 17.5. The van der Waals surface area contributed by atoms with Crippen LogP contribution in [0.15, 0.2) is 48.5 Å². The Balaban J connectivity index is 1.43. The maximum Gasteiger partial charge on any atom is 0.237 e. The van der Waals surface area contributed by atoms with E-state index in [0.717, 1.165) is 11.3 Å². The van der Waals surface area contributed by atoms with Gasteiger partial charge in [-0.05, 0) is 42.2 Å². The van der Waals surface area contributed by atoms with Crippen molar-refractivity contribution in [3.05, 3.63) is 65.2 Å². The van der Waals surface area contributed by atoms with Crippen LogP contribution in [0.4, 0.5) is 0 Å². The van der Waals surface area contributed by atoms with E-state index < -0.39 is 6.10 Å². The summed E-state index contributed by atoms with van der Waals surface area (Å²) in [7, 11) is 0. The number of fused-ring (bicyclic) bond motifs is 1. The first-order valence-corrected chi connectivity index (χ1v) is 8.57. The second-order valence-electron chi connectivity index (χ2n) is 6.43. The van der Waals surface area contributed by atoms with Crippen LogP contribution in [0, 0.1) is 6.92 Å². The maximum atomic E-state index is 12.3. The van der Waals surface area contributed by atoms with Gasteiger partial charge in [-0.2, -0.15) is 0 Å². The Bertz CT molecular complexity index is 732. The van der Waals surface area contributed by atoms with Crippen LogP contribution in [0.2, 0.25) is 0 Å². The summed E-state index contributed by atoms with van der Waals surface area (Å²) in [6.07, 6.45) is -0.0851. The molecule has 2 unspecified atom stereocenters. The van der Waals surface area contributed by atoms with Crippen molar-refractivity contribution in [2.45, 2.75) is 32.0 Å². The van der Waals surface area contributed by atoms with Crippen molar-refractivity contribution in [2.75, 3.05) is 13.2 Å². The summed E-state index contributed by atoms with van der Waals surface area (Å²) in [5.74, 6) is 0.625. The highest BCUT2D eigenvalue weighted by atomic mass is 16.5. The topological polar surface area (TPSA) is 70.6 Å². The highest BCUT2D eigenvalue weighted by Crippen LogP contribution is 2.16. The van der Waals surface area contributed by atoms with E-state index in [1.807, 2.05) is 43.3 Å². The van der Waals surface area contributed by atoms with Gasteiger partial charge in [0.15, 0.2) is 0 Å². The molecule has 0 saturated heterocycles. The minimum atomic E-state index is -0.750. The fourth-order valence-electron chi connectivity index (χ4n) is 2.94. The molecule has 25 heavy (non-hydrogen) atoms. The van der Waals surface area contributed by atoms with E-state index in [4.69, 9.17) is 4.74 Å². The van der Waals surface area contributed by atoms with Gasteiger partial charge in [-0.15, -0.1) is 0 Å². The third kappa shape index (κ3) is 4.81. The molecule has 1 aliphatic heterocycles. The summed E-state index contributed by atoms with van der Waals surface area (Å²) in [6, 6.07) is 15.5. The largest absolute Gasteiger partial charge is 0.491 e. The lowest BCUT2D eigenvalue weighted by atomic mass is 9.95. The number of nitrogens with one attached hydrogen (secondary N) is 2. The lowest BCUT2D eigenvalue weighted by Crippen LogP contribution is -2.49. The molecule has 3 rings (SSSR count). The first-order valence-electron chi connectivity index (χ1n) is 8.57. The molecule has 0 aliphatic carbocycles. The van der Waals surface area contributed by atoms with Gasteiger partial charge >= 0.3 is 0 Å². The Labute approximate surface area is 148 Å². The van der Waals surface area contributed by atoms with Crippen LogP contribution in [0.25, 0.3) is 0 Å². The Hall–Kier alpha value is -2.37. The van der Waals surface area contributed by atoms with Crippen LogP contribution in [0.1, 0.15) is 16.7 Å². The fraction of sp³-hybridized carbons (Fsp3) is 0.350. The molecule has 1 amide bonds. The number of benzene rings is 2. The monoisotopic (exact) mass is 340 g/mol. The standard InChI is InChI=1S/C20H24N2O3/c1-14-5-4-8-18(9-14)25-13-17(23)12-22-20(24)19-10-15-6-2-3-7-16(15)11-21-19/h2-9,17,19,21,23H,10-13H2,1H3,(H,22,24). The van der Waals surface area contributed by atoms with Crippen LogP contribution in [-0.4, -0.2) is 36.3 Å². The number of aryl methyl sites for hydroxylation is 1. The highest BCUT2D eigenvalue weighted by molar-refractivity contribution is 5.82. The summed E-state index contributed by atoms with van der Waals surface area (Å²) in [4.78, 5) is 12.3. The highest BCUT2D eigenvalue weighted by Gasteiger charge is 2.24. The molecule has 0 aromatic heterocycles. The SMILES string of the molecule is Cc1cccc(OCC(O)CNC(=O)C2Cc3ccccc3CN2)c1. The third-order valence-corrected chi connectivity index (χ3v) is 4.34. The van der Waals surface area contributed by atoms with Gasteiger partial charge in [0, 0.05) is 13.1 Å². The van der Waals surface area contributed by atoms with E-state index in [1.54, 1.807) is 0 Å². The number of carbonyl (C=O) groups excluding carboxylic acids is 1. The predicted molar refractivity (Wildman–Crippen MR) is 96.5 cm³/mol. The second kappa shape index (κ2) is 8.14. The van der Waals surface area contributed by atoms with Gasteiger partial charge in [0.25, 0.3) is 0 Å². The number of hydrogen-bond donors (Lipinski definition) is 3. The molecule has 2 atom stereocenters. The molecule has 5 nitrogen and oxygen atoms in total. The van der Waals surface area contributed by atoms with E-state index in [9.17, 15) is 9.90 Å². The zero-order valence-corrected chi connectivity index (χ0v) is 14.4. The zero-order valence-electron chi connectivity index (χ0n) is 14.4. The lowest BCUT2D eigenvalue weighted by Gasteiger charge is -2.25. The number of amides is 1. The molecule has 0 fully saturated rings. The minimum Gasteiger partial charge on any atom is -0.491 e. The van der Waals surface area contributed by atoms with Crippen LogP contribution in [-0.2, 0) is 17.8 Å². The summed E-state index contributed by atoms with van der Waals surface area (Å²) in [6.45, 7) is 2.99. The molecule has 0 bridgehead atoms. The molecule has 132 valence electrons. The molecule has 1 heterocycles. The minimum absolute atomic E-state index is 0.0934. The number of hydrogen-bond acceptors (Lipinski definition) is 4. The fourth-order valence-corrected chi connectivity index (χ4v) is 2.94. The van der Waals surface area contributed by atoms with Crippen molar-refractivity contribution in [1.29, 1.82) is 0 Å². The first-order chi connectivity index (χ1) is 12.1. The summed E-state index contributed by atoms with van der Waals surface area (Å²) < 4.78 is 5.56. The van der Waals surface area contributed by atoms with Gasteiger partial charge in [0.05, 0.1) is 6.04 Å². The molecule has 3 N–H and O–H groups in total. The molecule has 0 saturated carbocycles. The molecule has 2 aromatic rings. The molecule has 0 radical (unpaired) electrons. The Morgan fingerprint density at radius 2 is 2.08 bits per heavy atom. The number of aliphatic hydroxyl groups excluding tert-OH is 1. The van der Waals surface area contributed by atoms with Gasteiger partial charge in [0.1, 0.15) is 18.5 Å². The van der Waals surface area contributed by atoms with Crippen molar-refractivity contribution in [3.63, 3.8) is 0 Å². The van der Waals surface area contributed by atoms with Crippen molar-refractivity contribution >= 4 is 5.91 Å². The van der Waals surface area contributed by atoms with Gasteiger partial charge < -0.3 is 20.5 Å². The molecule has 0 spiro atoms. The summed E-state index contributed by atoms with van der Waals surface area (Å²) >= 11 is 0. The van der Waals surface area contributed by atoms with Gasteiger partial charge in [-0.25, -0.2) is 0 Å². The Kier molecular flexibility index (Phi) is 5.68. The quantitative estimate of drug-likeness (QED) is 0.746. The number of rotatable bonds is 6. The van der Waals surface area contributed by atoms with E-state index in [1.165, 1.54) is 11.1 Å². The number of carbonyl (C=O) groups is 1. The van der Waals surface area contributed by atoms with Crippen LogP contribution >= 0.6 is 0 Å². The second-order valence-corrected chi connectivity index (χ2v) is 6.43. The number of ether oxygens (including phenoxy) is 1. The van der Waals surface area contributed by atoms with Crippen molar-refractivity contribution in [2.24, 2.45) is 0 Å². The number of aliphatic hydroxyl groups is 1. The van der Waals surface area contributed by atoms with E-state index >= 15 is 0 Å². The molecule has 2 aromatic carbocycles. The van der Waals surface area contributed by atoms with Gasteiger partial charge in [-0.1, -0.05) is 36.4 Å². The van der Waals surface area contributed by atoms with E-state index in [0.29, 0.717) is 13.0 Å². The summed E-state index contributed by atoms with van der Waals surface area (Å²) in [5.41, 5.74) is 3.53. The normalized spacial score (nSPS) is 17.4. The lowest BCUT2D eigenvalue weighted by molar-refractivity contribution is -0.123. The van der Waals surface area contributed by atoms with Crippen molar-refractivity contribution in [3.8, 4) is 5.75 Å². The van der Waals surface area contributed by atoms with E-state index in [-0.39, 0.29) is 25.1 Å². The van der Waals surface area contributed by atoms with Crippen LogP contribution < -0.4 is 15.4 Å². The van der Waals surface area contributed by atoms with Crippen LogP contribution in [0.5, 0.6) is 5.75 Å². The zero-order chi connectivity index (χ0) is 17.6. The molecular formula is C20H24N2O3. The van der Waals surface area contributed by atoms with E-state index in [2.05, 4.69) is 22.8 Å². The predicted octanol–water partition coefficient (Wildman–Crippen LogP) is 1.57. The smallest absolute Gasteiger partial charge is 0.237 e. The third-order valence-electron chi connectivity index (χ3n) is 4.34. The van der Waals surface area contributed by atoms with Crippen LogP contribution in [0.3, 0.4) is 0 Å². The Morgan fingerprint density at radius 1 is 1.28 bits per heavy atom. The van der Waals surface area contributed by atoms with Crippen molar-refractivity contribution < 1.29 is 14.6 Å². The molecular weight excluding hydrogens is 316 g/mol. The average molecular weight is 340 g/mol. The molecule has 5 heteroatoms. The average Bonchev–Trinajstić information content (AvgIpc) is 2.64. The van der Waals surface area contributed by atoms with Crippen molar-refractivity contribution in [1.82, 2.24) is 10.6 Å². The van der Waals surface area contributed by atoms with Gasteiger partial charge in [-0.3, -0.25) is 4.79 Å². The van der Waals surface area contributed by atoms with Gasteiger partial charge in [0.2, 0.25) is 5.91 Å².